The van der Waals surface area contributed by atoms with Crippen molar-refractivity contribution >= 4 is 0 Å². The normalized spacial score (nSPS) is 22.4. The van der Waals surface area contributed by atoms with Gasteiger partial charge in [-0.05, 0) is 23.3 Å². The SMILES string of the molecule is COc1cc(C2CC2(C)[N+](=O)[O-])ccc1OCc1ccccc1. The monoisotopic (exact) mass is 313 g/mol. The number of rotatable bonds is 6. The zero-order chi connectivity index (χ0) is 16.4. The van der Waals surface area contributed by atoms with Gasteiger partial charge in [-0.3, -0.25) is 10.1 Å². The summed E-state index contributed by atoms with van der Waals surface area (Å²) in [6, 6.07) is 15.4. The van der Waals surface area contributed by atoms with Crippen LogP contribution in [0.5, 0.6) is 11.5 Å². The third kappa shape index (κ3) is 2.99. The van der Waals surface area contributed by atoms with Crippen LogP contribution in [-0.2, 0) is 6.61 Å². The Morgan fingerprint density at radius 3 is 2.57 bits per heavy atom. The molecule has 0 heterocycles. The molecule has 120 valence electrons. The number of nitro groups is 1. The van der Waals surface area contributed by atoms with Crippen LogP contribution in [0, 0.1) is 10.1 Å². The molecule has 2 unspecified atom stereocenters. The van der Waals surface area contributed by atoms with Gasteiger partial charge in [-0.2, -0.15) is 0 Å². The molecule has 2 atom stereocenters. The van der Waals surface area contributed by atoms with E-state index in [1.165, 1.54) is 0 Å². The molecule has 0 bridgehead atoms. The molecule has 0 amide bonds. The summed E-state index contributed by atoms with van der Waals surface area (Å²) in [7, 11) is 1.58. The van der Waals surface area contributed by atoms with Crippen LogP contribution in [0.2, 0.25) is 0 Å². The molecule has 2 aromatic rings. The summed E-state index contributed by atoms with van der Waals surface area (Å²) in [4.78, 5) is 10.9. The van der Waals surface area contributed by atoms with Crippen LogP contribution in [0.25, 0.3) is 0 Å². The van der Waals surface area contributed by atoms with Gasteiger partial charge >= 0.3 is 0 Å². The van der Waals surface area contributed by atoms with Crippen molar-refractivity contribution in [2.45, 2.75) is 31.4 Å². The summed E-state index contributed by atoms with van der Waals surface area (Å²) in [5, 5.41) is 11.1. The summed E-state index contributed by atoms with van der Waals surface area (Å²) in [5.41, 5.74) is 1.15. The van der Waals surface area contributed by atoms with E-state index in [0.717, 1.165) is 11.1 Å². The zero-order valence-electron chi connectivity index (χ0n) is 13.2. The Bertz CT molecular complexity index is 716. The van der Waals surface area contributed by atoms with Crippen molar-refractivity contribution in [2.24, 2.45) is 0 Å². The van der Waals surface area contributed by atoms with E-state index >= 15 is 0 Å². The number of hydrogen-bond acceptors (Lipinski definition) is 4. The van der Waals surface area contributed by atoms with E-state index in [2.05, 4.69) is 0 Å². The Kier molecular flexibility index (Phi) is 3.94. The lowest BCUT2D eigenvalue weighted by molar-refractivity contribution is -0.535. The third-order valence-electron chi connectivity index (χ3n) is 4.45. The van der Waals surface area contributed by atoms with Crippen LogP contribution in [0.4, 0.5) is 0 Å². The lowest BCUT2D eigenvalue weighted by atomic mass is 10.1. The minimum atomic E-state index is -0.850. The van der Waals surface area contributed by atoms with Gasteiger partial charge in [0.1, 0.15) is 6.61 Å². The van der Waals surface area contributed by atoms with Gasteiger partial charge in [0, 0.05) is 18.3 Å². The highest BCUT2D eigenvalue weighted by atomic mass is 16.6. The highest BCUT2D eigenvalue weighted by Crippen LogP contribution is 2.54. The Balaban J connectivity index is 1.74. The molecule has 0 saturated heterocycles. The van der Waals surface area contributed by atoms with Crippen molar-refractivity contribution in [3.8, 4) is 11.5 Å². The van der Waals surface area contributed by atoms with Gasteiger partial charge in [0.25, 0.3) is 0 Å². The molecule has 0 aromatic heterocycles. The van der Waals surface area contributed by atoms with Crippen LogP contribution < -0.4 is 9.47 Å². The fraction of sp³-hybridized carbons (Fsp3) is 0.333. The van der Waals surface area contributed by atoms with Crippen LogP contribution in [0.1, 0.15) is 30.4 Å². The van der Waals surface area contributed by atoms with E-state index in [9.17, 15) is 10.1 Å². The molecule has 0 aliphatic heterocycles. The van der Waals surface area contributed by atoms with Crippen LogP contribution in [0.3, 0.4) is 0 Å². The summed E-state index contributed by atoms with van der Waals surface area (Å²) in [6.45, 7) is 2.14. The van der Waals surface area contributed by atoms with Crippen molar-refractivity contribution in [1.29, 1.82) is 0 Å². The standard InChI is InChI=1S/C18H19NO4/c1-18(19(20)21)11-15(18)14-8-9-16(17(10-14)22-2)23-12-13-6-4-3-5-7-13/h3-10,15H,11-12H2,1-2H3. The average molecular weight is 313 g/mol. The Morgan fingerprint density at radius 2 is 1.96 bits per heavy atom. The molecule has 2 aromatic carbocycles. The van der Waals surface area contributed by atoms with Gasteiger partial charge in [0.2, 0.25) is 5.54 Å². The number of hydrogen-bond donors (Lipinski definition) is 0. The maximum absolute atomic E-state index is 11.1. The zero-order valence-corrected chi connectivity index (χ0v) is 13.2. The maximum Gasteiger partial charge on any atom is 0.227 e. The number of methoxy groups -OCH3 is 1. The van der Waals surface area contributed by atoms with Gasteiger partial charge in [0.05, 0.1) is 13.0 Å². The van der Waals surface area contributed by atoms with E-state index in [1.54, 1.807) is 14.0 Å². The summed E-state index contributed by atoms with van der Waals surface area (Å²) >= 11 is 0. The molecule has 3 rings (SSSR count). The first-order chi connectivity index (χ1) is 11.0. The summed E-state index contributed by atoms with van der Waals surface area (Å²) < 4.78 is 11.2. The number of nitrogens with zero attached hydrogens (tertiary/aromatic N) is 1. The second kappa shape index (κ2) is 5.91. The second-order valence-electron chi connectivity index (χ2n) is 6.06. The first-order valence-corrected chi connectivity index (χ1v) is 7.54. The minimum absolute atomic E-state index is 0.0606. The minimum Gasteiger partial charge on any atom is -0.493 e. The molecule has 1 aliphatic carbocycles. The lowest BCUT2D eigenvalue weighted by Crippen LogP contribution is -2.18. The molecule has 1 saturated carbocycles. The average Bonchev–Trinajstić information content (AvgIpc) is 3.27. The molecular formula is C18H19NO4. The molecule has 5 heteroatoms. The smallest absolute Gasteiger partial charge is 0.227 e. The van der Waals surface area contributed by atoms with Gasteiger partial charge in [0.15, 0.2) is 11.5 Å². The van der Waals surface area contributed by atoms with Gasteiger partial charge in [-0.25, -0.2) is 0 Å². The van der Waals surface area contributed by atoms with E-state index < -0.39 is 5.54 Å². The Hall–Kier alpha value is -2.56. The Labute approximate surface area is 135 Å². The topological polar surface area (TPSA) is 61.6 Å². The second-order valence-corrected chi connectivity index (χ2v) is 6.06. The van der Waals surface area contributed by atoms with Crippen molar-refractivity contribution in [2.75, 3.05) is 7.11 Å². The van der Waals surface area contributed by atoms with Crippen LogP contribution in [0.15, 0.2) is 48.5 Å². The maximum atomic E-state index is 11.1. The fourth-order valence-electron chi connectivity index (χ4n) is 2.79. The van der Waals surface area contributed by atoms with E-state index in [4.69, 9.17) is 9.47 Å². The molecule has 1 fully saturated rings. The number of ether oxygens (including phenoxy) is 2. The predicted molar refractivity (Wildman–Crippen MR) is 86.5 cm³/mol. The first kappa shape index (κ1) is 15.3. The molecule has 0 radical (unpaired) electrons. The van der Waals surface area contributed by atoms with E-state index in [0.29, 0.717) is 24.5 Å². The van der Waals surface area contributed by atoms with E-state index in [-0.39, 0.29) is 10.8 Å². The molecule has 1 aliphatic rings. The van der Waals surface area contributed by atoms with Crippen LogP contribution >= 0.6 is 0 Å². The van der Waals surface area contributed by atoms with Gasteiger partial charge in [-0.15, -0.1) is 0 Å². The van der Waals surface area contributed by atoms with Crippen molar-refractivity contribution < 1.29 is 14.4 Å². The molecule has 23 heavy (non-hydrogen) atoms. The Morgan fingerprint density at radius 1 is 1.22 bits per heavy atom. The largest absolute Gasteiger partial charge is 0.493 e. The van der Waals surface area contributed by atoms with Crippen LogP contribution in [-0.4, -0.2) is 17.6 Å². The third-order valence-corrected chi connectivity index (χ3v) is 4.45. The van der Waals surface area contributed by atoms with Gasteiger partial charge in [-0.1, -0.05) is 36.4 Å². The van der Waals surface area contributed by atoms with E-state index in [1.807, 2.05) is 48.5 Å². The van der Waals surface area contributed by atoms with Crippen molar-refractivity contribution in [3.63, 3.8) is 0 Å². The number of benzene rings is 2. The summed E-state index contributed by atoms with van der Waals surface area (Å²) in [5.74, 6) is 1.19. The molecule has 0 N–H and O–H groups in total. The van der Waals surface area contributed by atoms with Crippen molar-refractivity contribution in [3.05, 3.63) is 69.8 Å². The quantitative estimate of drug-likeness (QED) is 0.601. The first-order valence-electron chi connectivity index (χ1n) is 7.54. The van der Waals surface area contributed by atoms with Gasteiger partial charge < -0.3 is 9.47 Å². The highest BCUT2D eigenvalue weighted by Gasteiger charge is 2.62. The predicted octanol–water partition coefficient (Wildman–Crippen LogP) is 3.80. The highest BCUT2D eigenvalue weighted by molar-refractivity contribution is 5.46. The molecule has 0 spiro atoms. The molecular weight excluding hydrogens is 294 g/mol. The fourth-order valence-corrected chi connectivity index (χ4v) is 2.79. The molecule has 5 nitrogen and oxygen atoms in total. The van der Waals surface area contributed by atoms with Crippen molar-refractivity contribution in [1.82, 2.24) is 0 Å². The lowest BCUT2D eigenvalue weighted by Gasteiger charge is -2.12. The summed E-state index contributed by atoms with van der Waals surface area (Å²) in [6.07, 6.45) is 0.563.